The monoisotopic (exact) mass is 549 g/mol. The molecule has 0 unspecified atom stereocenters. The quantitative estimate of drug-likeness (QED) is 0.201. The van der Waals surface area contributed by atoms with Crippen molar-refractivity contribution in [3.8, 4) is 28.5 Å². The molecule has 0 amide bonds. The number of thiophene rings is 1. The lowest BCUT2D eigenvalue weighted by molar-refractivity contribution is 0.0914. The number of aliphatic hydroxyl groups is 1. The lowest BCUT2D eigenvalue weighted by Crippen LogP contribution is -2.09. The van der Waals surface area contributed by atoms with E-state index in [1.165, 1.54) is 24.5 Å². The zero-order valence-electron chi connectivity index (χ0n) is 21.4. The fraction of sp³-hybridized carbons (Fsp3) is 0.300. The number of fused-ring (bicyclic) bond motifs is 1. The molecule has 9 heteroatoms. The van der Waals surface area contributed by atoms with Crippen molar-refractivity contribution in [2.75, 3.05) is 26.9 Å². The van der Waals surface area contributed by atoms with Crippen molar-refractivity contribution in [1.82, 2.24) is 4.98 Å². The average Bonchev–Trinajstić information content (AvgIpc) is 3.69. The van der Waals surface area contributed by atoms with Crippen molar-refractivity contribution in [1.29, 1.82) is 0 Å². The lowest BCUT2D eigenvalue weighted by atomic mass is 10.0. The molecule has 4 aromatic rings. The van der Waals surface area contributed by atoms with Gasteiger partial charge in [-0.15, -0.1) is 11.3 Å². The van der Waals surface area contributed by atoms with Crippen molar-refractivity contribution in [3.63, 3.8) is 0 Å². The summed E-state index contributed by atoms with van der Waals surface area (Å²) >= 11 is 1.28. The molecule has 202 valence electrons. The van der Waals surface area contributed by atoms with Crippen LogP contribution in [0.5, 0.6) is 17.2 Å². The van der Waals surface area contributed by atoms with Gasteiger partial charge in [0.1, 0.15) is 29.6 Å². The topological polar surface area (TPSA) is 95.0 Å². The second-order valence-electron chi connectivity index (χ2n) is 9.35. The zero-order valence-corrected chi connectivity index (χ0v) is 22.3. The summed E-state index contributed by atoms with van der Waals surface area (Å²) in [6, 6.07) is 13.0. The summed E-state index contributed by atoms with van der Waals surface area (Å²) in [5.74, 6) is 1.05. The third kappa shape index (κ3) is 6.10. The molecule has 2 aromatic carbocycles. The van der Waals surface area contributed by atoms with Gasteiger partial charge >= 0.3 is 0 Å². The van der Waals surface area contributed by atoms with Crippen LogP contribution in [0, 0.1) is 11.7 Å². The van der Waals surface area contributed by atoms with Crippen LogP contribution < -0.4 is 14.2 Å². The van der Waals surface area contributed by atoms with E-state index in [4.69, 9.17) is 19.3 Å². The number of halogens is 1. The predicted molar refractivity (Wildman–Crippen MR) is 147 cm³/mol. The maximum Gasteiger partial charge on any atom is 0.181 e. The number of ether oxygens (including phenoxy) is 3. The number of hydrogen-bond acceptors (Lipinski definition) is 8. The number of nitrogens with zero attached hydrogens (tertiary/aromatic N) is 1. The highest BCUT2D eigenvalue weighted by Gasteiger charge is 2.24. The van der Waals surface area contributed by atoms with Crippen LogP contribution in [0.2, 0.25) is 0 Å². The minimum atomic E-state index is -0.306. The molecule has 7 nitrogen and oxygen atoms in total. The van der Waals surface area contributed by atoms with Gasteiger partial charge in [-0.3, -0.25) is 9.59 Å². The number of aliphatic hydroxyl groups excluding tert-OH is 1. The van der Waals surface area contributed by atoms with Crippen molar-refractivity contribution in [2.24, 2.45) is 5.92 Å². The van der Waals surface area contributed by atoms with Crippen molar-refractivity contribution >= 4 is 33.0 Å². The van der Waals surface area contributed by atoms with E-state index in [0.29, 0.717) is 56.7 Å². The maximum atomic E-state index is 14.4. The Balaban J connectivity index is 1.35. The van der Waals surface area contributed by atoms with Gasteiger partial charge in [-0.2, -0.15) is 0 Å². The standard InChI is InChI=1S/C30H28FNO6S/c1-36-28-15-19(7-11-26(28)37-14-13-33)24(34)9-10-25(35)23-8-12-27(38-16-18-5-6-18)29(32-23)21-17-39-30-20(21)3-2-4-22(30)31/h2-4,7-8,11-12,15,17-18,33H,5-6,9-10,13-14,16H2,1H3. The summed E-state index contributed by atoms with van der Waals surface area (Å²) < 4.78 is 31.7. The number of aromatic nitrogens is 1. The van der Waals surface area contributed by atoms with Crippen molar-refractivity contribution in [3.05, 3.63) is 71.0 Å². The molecular formula is C30H28FNO6S. The summed E-state index contributed by atoms with van der Waals surface area (Å²) in [5, 5.41) is 11.5. The normalized spacial score (nSPS) is 12.9. The fourth-order valence-corrected chi connectivity index (χ4v) is 5.18. The van der Waals surface area contributed by atoms with Crippen LogP contribution in [-0.4, -0.2) is 48.6 Å². The molecule has 1 saturated carbocycles. The first-order valence-corrected chi connectivity index (χ1v) is 13.6. The Bertz CT molecular complexity index is 1510. The van der Waals surface area contributed by atoms with E-state index < -0.39 is 0 Å². The molecular weight excluding hydrogens is 521 g/mol. The van der Waals surface area contributed by atoms with Gasteiger partial charge in [0.15, 0.2) is 23.1 Å². The molecule has 39 heavy (non-hydrogen) atoms. The number of ketones is 2. The van der Waals surface area contributed by atoms with Crippen LogP contribution in [0.3, 0.4) is 0 Å². The number of carbonyl (C=O) groups excluding carboxylic acids is 2. The Morgan fingerprint density at radius 2 is 1.82 bits per heavy atom. The van der Waals surface area contributed by atoms with E-state index >= 15 is 0 Å². The number of methoxy groups -OCH3 is 1. The summed E-state index contributed by atoms with van der Waals surface area (Å²) in [6.07, 6.45) is 2.22. The Morgan fingerprint density at radius 3 is 2.59 bits per heavy atom. The Labute approximate surface area is 229 Å². The number of pyridine rings is 1. The highest BCUT2D eigenvalue weighted by atomic mass is 32.1. The van der Waals surface area contributed by atoms with Crippen molar-refractivity contribution < 1.29 is 33.3 Å². The van der Waals surface area contributed by atoms with E-state index in [0.717, 1.165) is 12.8 Å². The average molecular weight is 550 g/mol. The minimum Gasteiger partial charge on any atom is -0.493 e. The van der Waals surface area contributed by atoms with Crippen LogP contribution in [0.4, 0.5) is 4.39 Å². The molecule has 0 aliphatic heterocycles. The van der Waals surface area contributed by atoms with E-state index in [2.05, 4.69) is 4.98 Å². The van der Waals surface area contributed by atoms with Gasteiger partial charge in [-0.25, -0.2) is 9.37 Å². The molecule has 5 rings (SSSR count). The predicted octanol–water partition coefficient (Wildman–Crippen LogP) is 6.12. The highest BCUT2D eigenvalue weighted by molar-refractivity contribution is 7.17. The first-order valence-electron chi connectivity index (χ1n) is 12.8. The van der Waals surface area contributed by atoms with Crippen LogP contribution in [0.25, 0.3) is 21.3 Å². The van der Waals surface area contributed by atoms with Gasteiger partial charge in [0.2, 0.25) is 0 Å². The van der Waals surface area contributed by atoms with Gasteiger partial charge in [0, 0.05) is 34.7 Å². The molecule has 0 bridgehead atoms. The number of benzene rings is 2. The zero-order chi connectivity index (χ0) is 27.4. The number of rotatable bonds is 13. The second-order valence-corrected chi connectivity index (χ2v) is 10.2. The highest BCUT2D eigenvalue weighted by Crippen LogP contribution is 2.40. The summed E-state index contributed by atoms with van der Waals surface area (Å²) in [6.45, 7) is 0.530. The molecule has 0 saturated heterocycles. The third-order valence-corrected chi connectivity index (χ3v) is 7.54. The first-order chi connectivity index (χ1) is 19.0. The summed E-state index contributed by atoms with van der Waals surface area (Å²) in [7, 11) is 1.46. The Morgan fingerprint density at radius 1 is 1.03 bits per heavy atom. The minimum absolute atomic E-state index is 0.0115. The van der Waals surface area contributed by atoms with Gasteiger partial charge < -0.3 is 19.3 Å². The van der Waals surface area contributed by atoms with Crippen LogP contribution in [0.15, 0.2) is 53.9 Å². The molecule has 1 N–H and O–H groups in total. The third-order valence-electron chi connectivity index (χ3n) is 6.54. The van der Waals surface area contributed by atoms with E-state index in [1.807, 2.05) is 11.4 Å². The van der Waals surface area contributed by atoms with Gasteiger partial charge in [-0.1, -0.05) is 12.1 Å². The maximum absolute atomic E-state index is 14.4. The Hall–Kier alpha value is -3.82. The van der Waals surface area contributed by atoms with Gasteiger partial charge in [-0.05, 0) is 55.2 Å². The van der Waals surface area contributed by atoms with E-state index in [1.54, 1.807) is 36.4 Å². The van der Waals surface area contributed by atoms with Gasteiger partial charge in [0.25, 0.3) is 0 Å². The first kappa shape index (κ1) is 26.8. The summed E-state index contributed by atoms with van der Waals surface area (Å²) in [4.78, 5) is 30.6. The van der Waals surface area contributed by atoms with Crippen molar-refractivity contribution in [2.45, 2.75) is 25.7 Å². The van der Waals surface area contributed by atoms with Crippen LogP contribution in [0.1, 0.15) is 46.5 Å². The summed E-state index contributed by atoms with van der Waals surface area (Å²) in [5.41, 5.74) is 1.81. The molecule has 0 radical (unpaired) electrons. The smallest absolute Gasteiger partial charge is 0.181 e. The number of Topliss-reactive ketones (excluding diaryl/α,β-unsaturated/α-hetero) is 2. The van der Waals surface area contributed by atoms with Gasteiger partial charge in [0.05, 0.1) is 25.0 Å². The Kier molecular flexibility index (Phi) is 8.18. The van der Waals surface area contributed by atoms with E-state index in [9.17, 15) is 14.0 Å². The van der Waals surface area contributed by atoms with Crippen LogP contribution >= 0.6 is 11.3 Å². The molecule has 1 fully saturated rings. The molecule has 1 aliphatic carbocycles. The number of hydrogen-bond donors (Lipinski definition) is 1. The molecule has 1 aliphatic rings. The molecule has 0 atom stereocenters. The second kappa shape index (κ2) is 11.9. The molecule has 0 spiro atoms. The van der Waals surface area contributed by atoms with Crippen LogP contribution in [-0.2, 0) is 0 Å². The largest absolute Gasteiger partial charge is 0.493 e. The lowest BCUT2D eigenvalue weighted by Gasteiger charge is -2.12. The molecule has 2 aromatic heterocycles. The fourth-order valence-electron chi connectivity index (χ4n) is 4.22. The van der Waals surface area contributed by atoms with E-state index in [-0.39, 0.29) is 49.1 Å². The molecule has 2 heterocycles. The number of carbonyl (C=O) groups is 2. The SMILES string of the molecule is COc1cc(C(=O)CCC(=O)c2ccc(OCC3CC3)c(-c3csc4c(F)cccc34)n2)ccc1OCCO.